The third-order valence-corrected chi connectivity index (χ3v) is 1.97. The molecule has 0 fully saturated rings. The molecule has 0 aromatic carbocycles. The molecule has 70 valence electrons. The second-order valence-corrected chi connectivity index (χ2v) is 2.90. The van der Waals surface area contributed by atoms with Crippen LogP contribution in [0.15, 0.2) is 12.3 Å². The van der Waals surface area contributed by atoms with Crippen molar-refractivity contribution in [1.82, 2.24) is 0 Å². The molecule has 0 aliphatic carbocycles. The Morgan fingerprint density at radius 1 is 1.69 bits per heavy atom. The summed E-state index contributed by atoms with van der Waals surface area (Å²) >= 11 is 0. The molecular weight excluding hydrogens is 168 g/mol. The summed E-state index contributed by atoms with van der Waals surface area (Å²) in [5.74, 6) is -0.486. The lowest BCUT2D eigenvalue weighted by Crippen LogP contribution is -2.32. The zero-order valence-corrected chi connectivity index (χ0v) is 7.70. The first-order valence-corrected chi connectivity index (χ1v) is 4.08. The zero-order chi connectivity index (χ0) is 10.0. The van der Waals surface area contributed by atoms with E-state index >= 15 is 0 Å². The van der Waals surface area contributed by atoms with Gasteiger partial charge in [0.1, 0.15) is 0 Å². The van der Waals surface area contributed by atoms with Crippen molar-refractivity contribution in [3.8, 4) is 0 Å². The van der Waals surface area contributed by atoms with E-state index in [0.717, 1.165) is 4.73 Å². The molecule has 1 heterocycles. The Kier molecular flexibility index (Phi) is 2.51. The van der Waals surface area contributed by atoms with Crippen molar-refractivity contribution >= 4 is 5.91 Å². The molecule has 0 atom stereocenters. The van der Waals surface area contributed by atoms with Gasteiger partial charge in [-0.1, -0.05) is 6.92 Å². The molecule has 1 aromatic heterocycles. The molecule has 2 N–H and O–H groups in total. The number of carbonyl (C=O) groups is 1. The highest BCUT2D eigenvalue weighted by Crippen LogP contribution is 2.07. The van der Waals surface area contributed by atoms with Crippen LogP contribution in [-0.2, 0) is 6.42 Å². The van der Waals surface area contributed by atoms with Crippen molar-refractivity contribution in [2.45, 2.75) is 20.3 Å². The molecule has 1 amide bonds. The molecule has 4 heteroatoms. The minimum Gasteiger partial charge on any atom is -0.619 e. The molecule has 0 bridgehead atoms. The Morgan fingerprint density at radius 2 is 2.31 bits per heavy atom. The molecule has 1 aromatic rings. The summed E-state index contributed by atoms with van der Waals surface area (Å²) in [4.78, 5) is 11.0. The van der Waals surface area contributed by atoms with Crippen LogP contribution in [0.25, 0.3) is 0 Å². The number of nitrogens with two attached hydrogens (primary N) is 1. The van der Waals surface area contributed by atoms with Crippen LogP contribution in [0.5, 0.6) is 0 Å². The third-order valence-electron chi connectivity index (χ3n) is 1.97. The number of primary amides is 1. The van der Waals surface area contributed by atoms with Crippen molar-refractivity contribution in [1.29, 1.82) is 0 Å². The molecule has 1 rings (SSSR count). The molecule has 0 aliphatic rings. The fourth-order valence-corrected chi connectivity index (χ4v) is 1.19. The largest absolute Gasteiger partial charge is 0.619 e. The second kappa shape index (κ2) is 3.43. The maximum atomic E-state index is 11.1. The molecule has 13 heavy (non-hydrogen) atoms. The lowest BCUT2D eigenvalue weighted by Gasteiger charge is -2.06. The van der Waals surface area contributed by atoms with E-state index in [4.69, 9.17) is 5.73 Å². The lowest BCUT2D eigenvalue weighted by atomic mass is 10.1. The van der Waals surface area contributed by atoms with Crippen molar-refractivity contribution < 1.29 is 9.52 Å². The minimum absolute atomic E-state index is 0.437. The maximum Gasteiger partial charge on any atom is 0.249 e. The Balaban J connectivity index is 3.33. The smallest absolute Gasteiger partial charge is 0.249 e. The van der Waals surface area contributed by atoms with Gasteiger partial charge in [-0.25, -0.2) is 0 Å². The van der Waals surface area contributed by atoms with Crippen molar-refractivity contribution in [3.63, 3.8) is 0 Å². The molecule has 0 saturated carbocycles. The van der Waals surface area contributed by atoms with Crippen molar-refractivity contribution in [3.05, 3.63) is 34.3 Å². The van der Waals surface area contributed by atoms with Crippen LogP contribution in [0.3, 0.4) is 0 Å². The zero-order valence-electron chi connectivity index (χ0n) is 7.70. The van der Waals surface area contributed by atoms with Crippen LogP contribution < -0.4 is 10.5 Å². The summed E-state index contributed by atoms with van der Waals surface area (Å²) in [5, 5.41) is 11.1. The molecule has 0 unspecified atom stereocenters. The Hall–Kier alpha value is -1.58. The van der Waals surface area contributed by atoms with Gasteiger partial charge in [-0.15, -0.1) is 0 Å². The number of aromatic nitrogens is 1. The molecule has 0 spiro atoms. The average Bonchev–Trinajstić information content (AvgIpc) is 2.08. The molecule has 4 nitrogen and oxygen atoms in total. The van der Waals surface area contributed by atoms with E-state index in [-0.39, 0.29) is 0 Å². The number of pyridine rings is 1. The topological polar surface area (TPSA) is 70.0 Å². The Bertz CT molecular complexity index is 348. The van der Waals surface area contributed by atoms with E-state index < -0.39 is 5.91 Å². The fraction of sp³-hybridized carbons (Fsp3) is 0.333. The predicted octanol–water partition coefficient (Wildman–Crippen LogP) is 0.290. The van der Waals surface area contributed by atoms with Crippen molar-refractivity contribution in [2.24, 2.45) is 5.73 Å². The van der Waals surface area contributed by atoms with Gasteiger partial charge in [0.15, 0.2) is 11.9 Å². The highest BCUT2D eigenvalue weighted by molar-refractivity contribution is 5.94. The van der Waals surface area contributed by atoms with E-state index in [0.29, 0.717) is 23.2 Å². The van der Waals surface area contributed by atoms with Gasteiger partial charge in [-0.2, -0.15) is 4.73 Å². The summed E-state index contributed by atoms with van der Waals surface area (Å²) in [6, 6.07) is 1.52. The van der Waals surface area contributed by atoms with E-state index in [1.165, 1.54) is 12.3 Å². The van der Waals surface area contributed by atoms with Crippen molar-refractivity contribution in [2.75, 3.05) is 0 Å². The van der Waals surface area contributed by atoms with Crippen LogP contribution in [0.4, 0.5) is 0 Å². The van der Waals surface area contributed by atoms with Gasteiger partial charge in [0.25, 0.3) is 0 Å². The minimum atomic E-state index is -0.486. The van der Waals surface area contributed by atoms with Gasteiger partial charge in [0, 0.05) is 18.6 Å². The van der Waals surface area contributed by atoms with E-state index in [1.54, 1.807) is 6.92 Å². The lowest BCUT2D eigenvalue weighted by molar-refractivity contribution is -0.612. The van der Waals surface area contributed by atoms with Gasteiger partial charge in [-0.05, 0) is 6.42 Å². The Morgan fingerprint density at radius 3 is 2.77 bits per heavy atom. The summed E-state index contributed by atoms with van der Waals surface area (Å²) in [5.41, 5.74) is 6.76. The number of nitrogens with zero attached hydrogens (tertiary/aromatic N) is 1. The number of aryl methyl sites for hydroxylation is 2. The number of amides is 1. The average molecular weight is 180 g/mol. The van der Waals surface area contributed by atoms with E-state index in [2.05, 4.69) is 0 Å². The van der Waals surface area contributed by atoms with Gasteiger partial charge in [0.2, 0.25) is 5.91 Å². The van der Waals surface area contributed by atoms with Crippen LogP contribution in [0, 0.1) is 12.1 Å². The van der Waals surface area contributed by atoms with Crippen LogP contribution >= 0.6 is 0 Å². The molecule has 0 radical (unpaired) electrons. The summed E-state index contributed by atoms with van der Waals surface area (Å²) in [7, 11) is 0. The van der Waals surface area contributed by atoms with Gasteiger partial charge in [-0.3, -0.25) is 4.79 Å². The van der Waals surface area contributed by atoms with Crippen LogP contribution in [0.1, 0.15) is 28.5 Å². The highest BCUT2D eigenvalue weighted by atomic mass is 16.5. The first kappa shape index (κ1) is 9.51. The number of carbonyl (C=O) groups excluding carboxylic acids is 1. The number of rotatable bonds is 2. The van der Waals surface area contributed by atoms with E-state index in [1.807, 2.05) is 6.92 Å². The first-order valence-electron chi connectivity index (χ1n) is 4.08. The first-order chi connectivity index (χ1) is 6.06. The maximum absolute atomic E-state index is 11.1. The van der Waals surface area contributed by atoms with Crippen LogP contribution in [-0.4, -0.2) is 5.91 Å². The van der Waals surface area contributed by atoms with E-state index in [9.17, 15) is 10.0 Å². The number of hydrogen-bond acceptors (Lipinski definition) is 2. The standard InChI is InChI=1S/C9H12N2O2/c1-3-7-5-11(13)6(2)4-8(7)9(10)12/h4-5H,3H2,1-2H3,(H2,10,12). The Labute approximate surface area is 76.6 Å². The normalized spacial score (nSPS) is 10.0. The monoisotopic (exact) mass is 180 g/mol. The van der Waals surface area contributed by atoms with Gasteiger partial charge in [0.05, 0.1) is 5.56 Å². The van der Waals surface area contributed by atoms with Crippen LogP contribution in [0.2, 0.25) is 0 Å². The molecule has 0 saturated heterocycles. The highest BCUT2D eigenvalue weighted by Gasteiger charge is 2.12. The quantitative estimate of drug-likeness (QED) is 0.525. The fourth-order valence-electron chi connectivity index (χ4n) is 1.19. The third kappa shape index (κ3) is 1.77. The summed E-state index contributed by atoms with van der Waals surface area (Å²) in [6.07, 6.45) is 2.02. The summed E-state index contributed by atoms with van der Waals surface area (Å²) < 4.78 is 0.741. The molecule has 0 aliphatic heterocycles. The second-order valence-electron chi connectivity index (χ2n) is 2.90. The predicted molar refractivity (Wildman–Crippen MR) is 48.0 cm³/mol. The SMILES string of the molecule is CCc1c[n+]([O-])c(C)cc1C(N)=O. The number of hydrogen-bond donors (Lipinski definition) is 1. The van der Waals surface area contributed by atoms with Gasteiger partial charge < -0.3 is 10.9 Å². The summed E-state index contributed by atoms with van der Waals surface area (Å²) in [6.45, 7) is 3.51. The molecular formula is C9H12N2O2. The van der Waals surface area contributed by atoms with Gasteiger partial charge >= 0.3 is 0 Å².